The highest BCUT2D eigenvalue weighted by molar-refractivity contribution is 5.79. The Morgan fingerprint density at radius 2 is 1.40 bits per heavy atom. The third-order valence-electron chi connectivity index (χ3n) is 2.98. The quantitative estimate of drug-likeness (QED) is 0.834. The minimum absolute atomic E-state index is 0.0387. The van der Waals surface area contributed by atoms with Gasteiger partial charge in [0.25, 0.3) is 0 Å². The molecule has 0 radical (unpaired) electrons. The normalized spacial score (nSPS) is 13.7. The Balaban J connectivity index is 1.90. The summed E-state index contributed by atoms with van der Waals surface area (Å²) in [5.74, 6) is -0.210. The number of hydrogen-bond donors (Lipinski definition) is 2. The van der Waals surface area contributed by atoms with Crippen LogP contribution in [0.15, 0.2) is 49.1 Å². The SMILES string of the molecule is O=C(C[C@@H](O)c1cccnc1)C[C@@H](O)c1cccnc1. The van der Waals surface area contributed by atoms with Gasteiger partial charge in [0.2, 0.25) is 0 Å². The first kappa shape index (κ1) is 14.3. The monoisotopic (exact) mass is 272 g/mol. The molecule has 0 amide bonds. The molecule has 0 unspecified atom stereocenters. The summed E-state index contributed by atoms with van der Waals surface area (Å²) >= 11 is 0. The van der Waals surface area contributed by atoms with Crippen molar-refractivity contribution in [2.45, 2.75) is 25.0 Å². The molecule has 0 bridgehead atoms. The van der Waals surface area contributed by atoms with Crippen LogP contribution in [0.25, 0.3) is 0 Å². The Hall–Kier alpha value is -2.11. The molecule has 5 nitrogen and oxygen atoms in total. The van der Waals surface area contributed by atoms with Gasteiger partial charge in [-0.25, -0.2) is 0 Å². The molecule has 0 spiro atoms. The van der Waals surface area contributed by atoms with E-state index in [2.05, 4.69) is 9.97 Å². The first-order valence-electron chi connectivity index (χ1n) is 6.34. The van der Waals surface area contributed by atoms with Gasteiger partial charge in [0.1, 0.15) is 5.78 Å². The number of hydrogen-bond acceptors (Lipinski definition) is 5. The molecule has 0 saturated heterocycles. The van der Waals surface area contributed by atoms with Gasteiger partial charge in [-0.3, -0.25) is 14.8 Å². The maximum Gasteiger partial charge on any atom is 0.138 e. The number of carbonyl (C=O) groups excluding carboxylic acids is 1. The summed E-state index contributed by atoms with van der Waals surface area (Å²) in [4.78, 5) is 19.6. The van der Waals surface area contributed by atoms with E-state index in [1.165, 1.54) is 12.4 Å². The second-order valence-electron chi connectivity index (χ2n) is 4.55. The van der Waals surface area contributed by atoms with Crippen molar-refractivity contribution in [3.8, 4) is 0 Å². The number of ketones is 1. The van der Waals surface area contributed by atoms with E-state index in [4.69, 9.17) is 0 Å². The van der Waals surface area contributed by atoms with Crippen LogP contribution in [-0.4, -0.2) is 26.0 Å². The van der Waals surface area contributed by atoms with E-state index in [0.717, 1.165) is 0 Å². The Morgan fingerprint density at radius 1 is 0.950 bits per heavy atom. The molecule has 0 aliphatic heterocycles. The fourth-order valence-corrected chi connectivity index (χ4v) is 1.90. The summed E-state index contributed by atoms with van der Waals surface area (Å²) in [6.07, 6.45) is 4.39. The van der Waals surface area contributed by atoms with E-state index >= 15 is 0 Å². The largest absolute Gasteiger partial charge is 0.388 e. The minimum atomic E-state index is -0.891. The predicted molar refractivity (Wildman–Crippen MR) is 72.6 cm³/mol. The van der Waals surface area contributed by atoms with Crippen molar-refractivity contribution < 1.29 is 15.0 Å². The summed E-state index contributed by atoms with van der Waals surface area (Å²) < 4.78 is 0. The van der Waals surface area contributed by atoms with Crippen molar-refractivity contribution in [1.82, 2.24) is 9.97 Å². The summed E-state index contributed by atoms with van der Waals surface area (Å²) in [6, 6.07) is 6.83. The van der Waals surface area contributed by atoms with Crippen LogP contribution in [-0.2, 0) is 4.79 Å². The van der Waals surface area contributed by atoms with Gasteiger partial charge in [-0.1, -0.05) is 12.1 Å². The first-order chi connectivity index (χ1) is 9.66. The third-order valence-corrected chi connectivity index (χ3v) is 2.98. The van der Waals surface area contributed by atoms with Gasteiger partial charge in [-0.2, -0.15) is 0 Å². The van der Waals surface area contributed by atoms with Gasteiger partial charge in [0.05, 0.1) is 12.2 Å². The van der Waals surface area contributed by atoms with Crippen LogP contribution in [0.5, 0.6) is 0 Å². The molecule has 2 N–H and O–H groups in total. The molecular weight excluding hydrogens is 256 g/mol. The van der Waals surface area contributed by atoms with Crippen molar-refractivity contribution in [3.63, 3.8) is 0 Å². The molecule has 2 rings (SSSR count). The van der Waals surface area contributed by atoms with Gasteiger partial charge in [0.15, 0.2) is 0 Å². The second-order valence-corrected chi connectivity index (χ2v) is 4.55. The summed E-state index contributed by atoms with van der Waals surface area (Å²) in [5.41, 5.74) is 1.19. The average molecular weight is 272 g/mol. The molecule has 2 aromatic heterocycles. The molecule has 5 heteroatoms. The maximum absolute atomic E-state index is 11.8. The van der Waals surface area contributed by atoms with Crippen LogP contribution in [0.2, 0.25) is 0 Å². The van der Waals surface area contributed by atoms with Gasteiger partial charge < -0.3 is 10.2 Å². The Kier molecular flexibility index (Phi) is 4.92. The zero-order chi connectivity index (χ0) is 14.4. The number of aliphatic hydroxyl groups is 2. The van der Waals surface area contributed by atoms with E-state index in [1.54, 1.807) is 36.7 Å². The molecule has 0 aliphatic carbocycles. The number of carbonyl (C=O) groups is 1. The van der Waals surface area contributed by atoms with E-state index in [9.17, 15) is 15.0 Å². The molecule has 0 saturated carbocycles. The number of rotatable bonds is 6. The van der Waals surface area contributed by atoms with Crippen LogP contribution < -0.4 is 0 Å². The number of Topliss-reactive ketones (excluding diaryl/α,β-unsaturated/α-hetero) is 1. The van der Waals surface area contributed by atoms with Crippen LogP contribution in [0.3, 0.4) is 0 Å². The highest BCUT2D eigenvalue weighted by Gasteiger charge is 2.17. The van der Waals surface area contributed by atoms with Crippen molar-refractivity contribution >= 4 is 5.78 Å². The molecule has 20 heavy (non-hydrogen) atoms. The third kappa shape index (κ3) is 3.94. The van der Waals surface area contributed by atoms with Crippen molar-refractivity contribution in [2.75, 3.05) is 0 Å². The Labute approximate surface area is 117 Å². The van der Waals surface area contributed by atoms with Gasteiger partial charge >= 0.3 is 0 Å². The zero-order valence-electron chi connectivity index (χ0n) is 10.9. The van der Waals surface area contributed by atoms with E-state index in [1.807, 2.05) is 0 Å². The molecule has 2 heterocycles. The standard InChI is InChI=1S/C15H16N2O3/c18-13(7-14(19)11-3-1-5-16-9-11)8-15(20)12-4-2-6-17-10-12/h1-6,9-10,14-15,19-20H,7-8H2/t14-,15-/m1/s1. The Bertz CT molecular complexity index is 496. The number of aromatic nitrogens is 2. The predicted octanol–water partition coefficient (Wildman–Crippen LogP) is 1.59. The minimum Gasteiger partial charge on any atom is -0.388 e. The Morgan fingerprint density at radius 3 is 1.75 bits per heavy atom. The summed E-state index contributed by atoms with van der Waals surface area (Å²) in [7, 11) is 0. The molecule has 104 valence electrons. The van der Waals surface area contributed by atoms with Crippen LogP contribution in [0, 0.1) is 0 Å². The average Bonchev–Trinajstić information content (AvgIpc) is 2.49. The lowest BCUT2D eigenvalue weighted by Crippen LogP contribution is -2.11. The van der Waals surface area contributed by atoms with Crippen molar-refractivity contribution in [3.05, 3.63) is 60.2 Å². The lowest BCUT2D eigenvalue weighted by Gasteiger charge is -2.12. The fourth-order valence-electron chi connectivity index (χ4n) is 1.90. The first-order valence-corrected chi connectivity index (χ1v) is 6.34. The van der Waals surface area contributed by atoms with Gasteiger partial charge in [-0.05, 0) is 23.3 Å². The van der Waals surface area contributed by atoms with Crippen LogP contribution in [0.1, 0.15) is 36.2 Å². The smallest absolute Gasteiger partial charge is 0.138 e. The molecule has 2 aromatic rings. The van der Waals surface area contributed by atoms with E-state index in [0.29, 0.717) is 11.1 Å². The summed E-state index contributed by atoms with van der Waals surface area (Å²) in [5, 5.41) is 19.8. The van der Waals surface area contributed by atoms with Gasteiger partial charge in [0, 0.05) is 37.6 Å². The zero-order valence-corrected chi connectivity index (χ0v) is 10.9. The van der Waals surface area contributed by atoms with Crippen LogP contribution in [0.4, 0.5) is 0 Å². The highest BCUT2D eigenvalue weighted by atomic mass is 16.3. The summed E-state index contributed by atoms with van der Waals surface area (Å²) in [6.45, 7) is 0. The number of nitrogens with zero attached hydrogens (tertiary/aromatic N) is 2. The van der Waals surface area contributed by atoms with E-state index in [-0.39, 0.29) is 18.6 Å². The molecule has 2 atom stereocenters. The second kappa shape index (κ2) is 6.88. The topological polar surface area (TPSA) is 83.3 Å². The highest BCUT2D eigenvalue weighted by Crippen LogP contribution is 2.20. The van der Waals surface area contributed by atoms with Crippen molar-refractivity contribution in [1.29, 1.82) is 0 Å². The van der Waals surface area contributed by atoms with Gasteiger partial charge in [-0.15, -0.1) is 0 Å². The fraction of sp³-hybridized carbons (Fsp3) is 0.267. The number of pyridine rings is 2. The molecule has 0 aromatic carbocycles. The van der Waals surface area contributed by atoms with Crippen molar-refractivity contribution in [2.24, 2.45) is 0 Å². The van der Waals surface area contributed by atoms with E-state index < -0.39 is 12.2 Å². The maximum atomic E-state index is 11.8. The molecular formula is C15H16N2O3. The lowest BCUT2D eigenvalue weighted by atomic mass is 10.00. The van der Waals surface area contributed by atoms with Crippen LogP contribution >= 0.6 is 0 Å². The molecule has 0 fully saturated rings. The molecule has 0 aliphatic rings. The lowest BCUT2D eigenvalue weighted by molar-refractivity contribution is -0.123. The number of aliphatic hydroxyl groups excluding tert-OH is 2.